The van der Waals surface area contributed by atoms with Gasteiger partial charge in [-0.25, -0.2) is 4.39 Å². The molecule has 1 saturated heterocycles. The summed E-state index contributed by atoms with van der Waals surface area (Å²) in [6.45, 7) is 0.949. The summed E-state index contributed by atoms with van der Waals surface area (Å²) in [6.07, 6.45) is 3.43. The van der Waals surface area contributed by atoms with Gasteiger partial charge in [0.2, 0.25) is 0 Å². The third kappa shape index (κ3) is 4.10. The van der Waals surface area contributed by atoms with E-state index in [-0.39, 0.29) is 17.3 Å². The van der Waals surface area contributed by atoms with Gasteiger partial charge in [0.25, 0.3) is 5.69 Å². The highest BCUT2D eigenvalue weighted by atomic mass is 19.1. The Morgan fingerprint density at radius 2 is 1.65 bits per heavy atom. The van der Waals surface area contributed by atoms with Crippen LogP contribution in [0.25, 0.3) is 12.2 Å². The van der Waals surface area contributed by atoms with Crippen LogP contribution in [0.1, 0.15) is 11.1 Å². The zero-order chi connectivity index (χ0) is 18.7. The van der Waals surface area contributed by atoms with Crippen LogP contribution < -0.4 is 0 Å². The van der Waals surface area contributed by atoms with E-state index in [9.17, 15) is 19.3 Å². The Morgan fingerprint density at radius 1 is 1.04 bits per heavy atom. The Balaban J connectivity index is 1.93. The number of Topliss-reactive ketones (excluding diaryl/α,β-unsaturated/α-hetero) is 1. The number of halogens is 1. The van der Waals surface area contributed by atoms with E-state index in [1.165, 1.54) is 24.3 Å². The van der Waals surface area contributed by atoms with Gasteiger partial charge in [-0.1, -0.05) is 24.3 Å². The number of benzene rings is 2. The standard InChI is InChI=1S/C20H17FN2O3/c1-22-12-16(9-14-5-7-18(21)8-6-14)20(24)17(13-22)10-15-3-2-4-19(11-15)23(25)26/h2-11H,12-13H2,1H3/b16-9+,17-10+. The lowest BCUT2D eigenvalue weighted by atomic mass is 9.94. The maximum atomic E-state index is 13.0. The molecule has 0 saturated carbocycles. The van der Waals surface area contributed by atoms with E-state index >= 15 is 0 Å². The highest BCUT2D eigenvalue weighted by Crippen LogP contribution is 2.22. The van der Waals surface area contributed by atoms with Gasteiger partial charge in [-0.3, -0.25) is 19.8 Å². The van der Waals surface area contributed by atoms with Gasteiger partial charge in [0.05, 0.1) is 4.92 Å². The van der Waals surface area contributed by atoms with Crippen molar-refractivity contribution in [1.29, 1.82) is 0 Å². The average Bonchev–Trinajstić information content (AvgIpc) is 2.61. The summed E-state index contributed by atoms with van der Waals surface area (Å²) in [7, 11) is 1.90. The Hall–Kier alpha value is -3.12. The molecule has 1 heterocycles. The van der Waals surface area contributed by atoms with E-state index in [0.717, 1.165) is 5.56 Å². The Morgan fingerprint density at radius 3 is 2.27 bits per heavy atom. The van der Waals surface area contributed by atoms with E-state index in [1.807, 2.05) is 11.9 Å². The molecule has 6 heteroatoms. The second-order valence-corrected chi connectivity index (χ2v) is 6.24. The van der Waals surface area contributed by atoms with Crippen LogP contribution in [0.5, 0.6) is 0 Å². The molecule has 0 radical (unpaired) electrons. The van der Waals surface area contributed by atoms with E-state index < -0.39 is 4.92 Å². The monoisotopic (exact) mass is 352 g/mol. The molecule has 1 aliphatic rings. The number of likely N-dealkylation sites (N-methyl/N-ethyl adjacent to an activating group) is 1. The third-order valence-electron chi connectivity index (χ3n) is 4.10. The Labute approximate surface area is 150 Å². The summed E-state index contributed by atoms with van der Waals surface area (Å²) in [6, 6.07) is 12.1. The van der Waals surface area contributed by atoms with Crippen LogP contribution >= 0.6 is 0 Å². The smallest absolute Gasteiger partial charge is 0.270 e. The van der Waals surface area contributed by atoms with Gasteiger partial charge in [-0.05, 0) is 42.5 Å². The fraction of sp³-hybridized carbons (Fsp3) is 0.150. The number of hydrogen-bond acceptors (Lipinski definition) is 4. The van der Waals surface area contributed by atoms with Gasteiger partial charge in [-0.2, -0.15) is 0 Å². The highest BCUT2D eigenvalue weighted by Gasteiger charge is 2.24. The van der Waals surface area contributed by atoms with E-state index in [1.54, 1.807) is 36.4 Å². The van der Waals surface area contributed by atoms with Crippen LogP contribution in [0.3, 0.4) is 0 Å². The van der Waals surface area contributed by atoms with Crippen molar-refractivity contribution in [3.63, 3.8) is 0 Å². The SMILES string of the molecule is CN1C/C(=C\c2ccc(F)cc2)C(=O)/C(=C/c2cccc([N+](=O)[O-])c2)C1. The first kappa shape index (κ1) is 17.7. The number of likely N-dealkylation sites (tertiary alicyclic amines) is 1. The quantitative estimate of drug-likeness (QED) is 0.480. The average molecular weight is 352 g/mol. The number of rotatable bonds is 3. The summed E-state index contributed by atoms with van der Waals surface area (Å²) in [5.41, 5.74) is 2.51. The van der Waals surface area contributed by atoms with Crippen LogP contribution in [0.4, 0.5) is 10.1 Å². The second kappa shape index (κ2) is 7.41. The number of carbonyl (C=O) groups excluding carboxylic acids is 1. The molecule has 0 aromatic heterocycles. The molecule has 0 bridgehead atoms. The van der Waals surface area contributed by atoms with Gasteiger partial charge < -0.3 is 0 Å². The molecule has 0 spiro atoms. The van der Waals surface area contributed by atoms with Crippen molar-refractivity contribution >= 4 is 23.6 Å². The van der Waals surface area contributed by atoms with Crippen LogP contribution in [0.15, 0.2) is 59.7 Å². The molecular formula is C20H17FN2O3. The first-order chi connectivity index (χ1) is 12.4. The molecule has 0 amide bonds. The lowest BCUT2D eigenvalue weighted by molar-refractivity contribution is -0.384. The molecule has 2 aromatic rings. The second-order valence-electron chi connectivity index (χ2n) is 6.24. The molecule has 26 heavy (non-hydrogen) atoms. The predicted octanol–water partition coefficient (Wildman–Crippen LogP) is 3.72. The van der Waals surface area contributed by atoms with Crippen LogP contribution in [0.2, 0.25) is 0 Å². The van der Waals surface area contributed by atoms with Gasteiger partial charge in [0, 0.05) is 36.4 Å². The van der Waals surface area contributed by atoms with Crippen molar-refractivity contribution in [3.8, 4) is 0 Å². The van der Waals surface area contributed by atoms with Crippen molar-refractivity contribution in [2.24, 2.45) is 0 Å². The van der Waals surface area contributed by atoms with Crippen molar-refractivity contribution < 1.29 is 14.1 Å². The molecule has 0 aliphatic carbocycles. The van der Waals surface area contributed by atoms with Gasteiger partial charge in [0.15, 0.2) is 5.78 Å². The highest BCUT2D eigenvalue weighted by molar-refractivity contribution is 6.14. The first-order valence-corrected chi connectivity index (χ1v) is 8.07. The zero-order valence-corrected chi connectivity index (χ0v) is 14.2. The summed E-state index contributed by atoms with van der Waals surface area (Å²) in [4.78, 5) is 25.2. The van der Waals surface area contributed by atoms with E-state index in [2.05, 4.69) is 0 Å². The summed E-state index contributed by atoms with van der Waals surface area (Å²) in [5.74, 6) is -0.426. The molecule has 0 N–H and O–H groups in total. The van der Waals surface area contributed by atoms with Crippen LogP contribution in [-0.4, -0.2) is 35.7 Å². The van der Waals surface area contributed by atoms with Gasteiger partial charge in [-0.15, -0.1) is 0 Å². The number of non-ortho nitro benzene ring substituents is 1. The molecule has 3 rings (SSSR count). The molecule has 1 aliphatic heterocycles. The molecule has 132 valence electrons. The summed E-state index contributed by atoms with van der Waals surface area (Å²) in [5, 5.41) is 10.9. The lowest BCUT2D eigenvalue weighted by Gasteiger charge is -2.26. The van der Waals surface area contributed by atoms with Crippen LogP contribution in [-0.2, 0) is 4.79 Å². The van der Waals surface area contributed by atoms with Crippen molar-refractivity contribution in [2.45, 2.75) is 0 Å². The van der Waals surface area contributed by atoms with Gasteiger partial charge in [0.1, 0.15) is 5.82 Å². The minimum absolute atomic E-state index is 0.0157. The molecular weight excluding hydrogens is 335 g/mol. The summed E-state index contributed by atoms with van der Waals surface area (Å²) >= 11 is 0. The Kier molecular flexibility index (Phi) is 5.04. The third-order valence-corrected chi connectivity index (χ3v) is 4.10. The fourth-order valence-electron chi connectivity index (χ4n) is 2.90. The van der Waals surface area contributed by atoms with Crippen molar-refractivity contribution in [3.05, 3.63) is 86.7 Å². The van der Waals surface area contributed by atoms with Gasteiger partial charge >= 0.3 is 0 Å². The lowest BCUT2D eigenvalue weighted by Crippen LogP contribution is -2.34. The van der Waals surface area contributed by atoms with Crippen molar-refractivity contribution in [1.82, 2.24) is 4.90 Å². The predicted molar refractivity (Wildman–Crippen MR) is 98.0 cm³/mol. The van der Waals surface area contributed by atoms with E-state index in [0.29, 0.717) is 29.8 Å². The minimum atomic E-state index is -0.462. The minimum Gasteiger partial charge on any atom is -0.298 e. The summed E-state index contributed by atoms with van der Waals surface area (Å²) < 4.78 is 13.0. The topological polar surface area (TPSA) is 63.5 Å². The number of nitro groups is 1. The fourth-order valence-corrected chi connectivity index (χ4v) is 2.90. The maximum absolute atomic E-state index is 13.0. The Bertz CT molecular complexity index is 917. The van der Waals surface area contributed by atoms with Crippen LogP contribution in [0, 0.1) is 15.9 Å². The number of carbonyl (C=O) groups is 1. The number of nitrogens with zero attached hydrogens (tertiary/aromatic N) is 2. The first-order valence-electron chi connectivity index (χ1n) is 8.07. The molecule has 0 atom stereocenters. The zero-order valence-electron chi connectivity index (χ0n) is 14.2. The molecule has 1 fully saturated rings. The molecule has 0 unspecified atom stereocenters. The molecule has 2 aromatic carbocycles. The van der Waals surface area contributed by atoms with Crippen molar-refractivity contribution in [2.75, 3.05) is 20.1 Å². The largest absolute Gasteiger partial charge is 0.298 e. The normalized spacial score (nSPS) is 18.5. The number of ketones is 1. The number of piperidine rings is 1. The number of nitro benzene ring substituents is 1. The van der Waals surface area contributed by atoms with E-state index in [4.69, 9.17) is 0 Å². The molecule has 5 nitrogen and oxygen atoms in total. The number of hydrogen-bond donors (Lipinski definition) is 0. The maximum Gasteiger partial charge on any atom is 0.270 e.